The Morgan fingerprint density at radius 1 is 0.977 bits per heavy atom. The summed E-state index contributed by atoms with van der Waals surface area (Å²) in [5.74, 6) is 0.496. The number of hydrogen-bond donors (Lipinski definition) is 3. The predicted octanol–water partition coefficient (Wildman–Crippen LogP) is 4.81. The van der Waals surface area contributed by atoms with Crippen LogP contribution in [0.2, 0.25) is 0 Å². The van der Waals surface area contributed by atoms with E-state index in [1.807, 2.05) is 69.5 Å². The first-order valence-corrected chi connectivity index (χ1v) is 14.1. The van der Waals surface area contributed by atoms with Crippen LogP contribution < -0.4 is 10.1 Å². The Kier molecular flexibility index (Phi) is 8.01. The lowest BCUT2D eigenvalue weighted by atomic mass is 10.0. The summed E-state index contributed by atoms with van der Waals surface area (Å²) in [6.45, 7) is 1.42. The van der Waals surface area contributed by atoms with Crippen molar-refractivity contribution < 1.29 is 13.9 Å². The Morgan fingerprint density at radius 2 is 1.84 bits per heavy atom. The zero-order valence-corrected chi connectivity index (χ0v) is 24.8. The molecule has 0 aliphatic carbocycles. The number of H-pyrrole nitrogens is 2. The number of fused-ring (bicyclic) bond motifs is 2. The maximum atomic E-state index is 14.7. The van der Waals surface area contributed by atoms with Crippen molar-refractivity contribution in [1.82, 2.24) is 39.9 Å². The minimum absolute atomic E-state index is 0.134. The zero-order chi connectivity index (χ0) is 30.8. The second-order valence-electron chi connectivity index (χ2n) is 11.1. The maximum absolute atomic E-state index is 14.7. The lowest BCUT2D eigenvalue weighted by molar-refractivity contribution is -0.116. The summed E-state index contributed by atoms with van der Waals surface area (Å²) < 4.78 is 20.5. The second-order valence-corrected chi connectivity index (χ2v) is 11.1. The van der Waals surface area contributed by atoms with Crippen molar-refractivity contribution in [3.8, 4) is 39.7 Å². The van der Waals surface area contributed by atoms with Crippen LogP contribution >= 0.6 is 0 Å². The van der Waals surface area contributed by atoms with E-state index in [0.717, 1.165) is 27.5 Å². The van der Waals surface area contributed by atoms with Gasteiger partial charge in [-0.1, -0.05) is 12.1 Å². The molecule has 12 heteroatoms. The van der Waals surface area contributed by atoms with Crippen LogP contribution in [0.25, 0.3) is 55.8 Å². The highest BCUT2D eigenvalue weighted by molar-refractivity contribution is 5.98. The Labute approximate surface area is 253 Å². The number of aromatic amines is 2. The minimum Gasteiger partial charge on any atom is -0.492 e. The van der Waals surface area contributed by atoms with Crippen LogP contribution in [0.5, 0.6) is 5.75 Å². The number of aromatic nitrogens is 6. The Bertz CT molecular complexity index is 1960. The van der Waals surface area contributed by atoms with Crippen molar-refractivity contribution in [1.29, 1.82) is 0 Å². The molecule has 4 heterocycles. The fourth-order valence-electron chi connectivity index (χ4n) is 4.92. The quantitative estimate of drug-likeness (QED) is 0.207. The number of amides is 1. The lowest BCUT2D eigenvalue weighted by Crippen LogP contribution is -2.27. The molecule has 11 nitrogen and oxygen atoms in total. The molecule has 0 saturated heterocycles. The van der Waals surface area contributed by atoms with Crippen LogP contribution in [-0.4, -0.2) is 93.7 Å². The van der Waals surface area contributed by atoms with Crippen molar-refractivity contribution in [3.05, 3.63) is 72.9 Å². The van der Waals surface area contributed by atoms with Crippen LogP contribution in [0, 0.1) is 5.82 Å². The summed E-state index contributed by atoms with van der Waals surface area (Å²) in [6, 6.07) is 14.2. The average Bonchev–Trinajstić information content (AvgIpc) is 3.60. The molecule has 3 N–H and O–H groups in total. The van der Waals surface area contributed by atoms with Gasteiger partial charge in [0.25, 0.3) is 0 Å². The number of nitrogens with zero attached hydrogens (tertiary/aromatic N) is 6. The van der Waals surface area contributed by atoms with E-state index in [-0.39, 0.29) is 18.3 Å². The summed E-state index contributed by atoms with van der Waals surface area (Å²) >= 11 is 0. The van der Waals surface area contributed by atoms with E-state index in [0.29, 0.717) is 52.9 Å². The normalized spacial score (nSPS) is 11.6. The van der Waals surface area contributed by atoms with Crippen molar-refractivity contribution in [2.45, 2.75) is 0 Å². The van der Waals surface area contributed by atoms with E-state index < -0.39 is 0 Å². The van der Waals surface area contributed by atoms with Gasteiger partial charge >= 0.3 is 0 Å². The number of halogens is 1. The molecule has 6 rings (SSSR count). The number of pyridine rings is 2. The number of carbonyl (C=O) groups excluding carboxylic acids is 1. The molecular formula is C32H32FN9O2. The third-order valence-electron chi connectivity index (χ3n) is 6.95. The van der Waals surface area contributed by atoms with Gasteiger partial charge in [0.15, 0.2) is 5.82 Å². The molecule has 6 aromatic rings. The summed E-state index contributed by atoms with van der Waals surface area (Å²) in [5.41, 5.74) is 6.23. The van der Waals surface area contributed by atoms with Gasteiger partial charge in [-0.3, -0.25) is 19.9 Å². The largest absolute Gasteiger partial charge is 0.492 e. The van der Waals surface area contributed by atoms with E-state index >= 15 is 0 Å². The highest BCUT2D eigenvalue weighted by Gasteiger charge is 2.17. The van der Waals surface area contributed by atoms with Gasteiger partial charge in [-0.25, -0.2) is 9.37 Å². The van der Waals surface area contributed by atoms with E-state index in [1.165, 1.54) is 12.1 Å². The zero-order valence-electron chi connectivity index (χ0n) is 24.8. The van der Waals surface area contributed by atoms with Crippen LogP contribution in [0.4, 0.5) is 10.1 Å². The second kappa shape index (κ2) is 12.2. The molecule has 0 fully saturated rings. The van der Waals surface area contributed by atoms with Gasteiger partial charge in [0.2, 0.25) is 5.91 Å². The van der Waals surface area contributed by atoms with Gasteiger partial charge in [0, 0.05) is 35.3 Å². The van der Waals surface area contributed by atoms with Gasteiger partial charge in [-0.15, -0.1) is 0 Å². The highest BCUT2D eigenvalue weighted by atomic mass is 19.1. The lowest BCUT2D eigenvalue weighted by Gasteiger charge is -2.12. The molecule has 0 spiro atoms. The molecule has 0 saturated carbocycles. The number of likely N-dealkylation sites (N-methyl/N-ethyl adjacent to an activating group) is 2. The number of anilines is 1. The van der Waals surface area contributed by atoms with Gasteiger partial charge in [-0.2, -0.15) is 5.10 Å². The SMILES string of the molecule is CN(C)CCOc1cc(F)cc(-c2cccc3[nH]c(-c4n[nH]c5cnc(-c6cncc(NC(=O)CN(C)C)c6)cc45)nc23)c1. The number of para-hydroxylation sites is 1. The third-order valence-corrected chi connectivity index (χ3v) is 6.95. The number of nitrogens with one attached hydrogen (secondary N) is 3. The van der Waals surface area contributed by atoms with Gasteiger partial charge in [0.1, 0.15) is 23.9 Å². The molecule has 0 unspecified atom stereocenters. The molecule has 44 heavy (non-hydrogen) atoms. The standard InChI is InChI=1S/C32H32FN9O2/c1-41(2)8-9-44-23-12-19(10-21(33)13-23)24-6-5-7-26-30(24)38-32(37-26)31-25-14-27(35-17-28(25)39-40-31)20-11-22(16-34-15-20)36-29(43)18-42(3)4/h5-7,10-17H,8-9,18H2,1-4H3,(H,36,43)(H,37,38)(H,39,40). The molecular weight excluding hydrogens is 561 g/mol. The predicted molar refractivity (Wildman–Crippen MR) is 169 cm³/mol. The number of rotatable bonds is 10. The highest BCUT2D eigenvalue weighted by Crippen LogP contribution is 2.34. The fourth-order valence-corrected chi connectivity index (χ4v) is 4.92. The third kappa shape index (κ3) is 6.26. The van der Waals surface area contributed by atoms with E-state index in [1.54, 1.807) is 23.5 Å². The van der Waals surface area contributed by atoms with Gasteiger partial charge < -0.3 is 24.8 Å². The number of ether oxygens (including phenoxy) is 1. The van der Waals surface area contributed by atoms with E-state index in [9.17, 15) is 9.18 Å². The monoisotopic (exact) mass is 593 g/mol. The smallest absolute Gasteiger partial charge is 0.238 e. The first-order chi connectivity index (χ1) is 21.2. The van der Waals surface area contributed by atoms with Crippen LogP contribution in [0.15, 0.2) is 67.1 Å². The summed E-state index contributed by atoms with van der Waals surface area (Å²) in [6.07, 6.45) is 5.00. The summed E-state index contributed by atoms with van der Waals surface area (Å²) in [7, 11) is 7.58. The molecule has 2 aromatic carbocycles. The van der Waals surface area contributed by atoms with Crippen molar-refractivity contribution in [2.24, 2.45) is 0 Å². The maximum Gasteiger partial charge on any atom is 0.238 e. The molecule has 0 bridgehead atoms. The van der Waals surface area contributed by atoms with Crippen LogP contribution in [-0.2, 0) is 4.79 Å². The Balaban J connectivity index is 1.33. The summed E-state index contributed by atoms with van der Waals surface area (Å²) in [4.78, 5) is 33.2. The number of imidazole rings is 1. The number of hydrogen-bond acceptors (Lipinski definition) is 8. The molecule has 4 aromatic heterocycles. The van der Waals surface area contributed by atoms with E-state index in [4.69, 9.17) is 9.72 Å². The molecule has 0 radical (unpaired) electrons. The van der Waals surface area contributed by atoms with Gasteiger partial charge in [0.05, 0.1) is 46.9 Å². The van der Waals surface area contributed by atoms with Crippen LogP contribution in [0.3, 0.4) is 0 Å². The minimum atomic E-state index is -0.385. The summed E-state index contributed by atoms with van der Waals surface area (Å²) in [5, 5.41) is 11.2. The first kappa shape index (κ1) is 28.9. The Hall–Kier alpha value is -5.20. The molecule has 224 valence electrons. The van der Waals surface area contributed by atoms with Crippen molar-refractivity contribution in [3.63, 3.8) is 0 Å². The molecule has 0 aliphatic heterocycles. The first-order valence-electron chi connectivity index (χ1n) is 14.1. The van der Waals surface area contributed by atoms with Gasteiger partial charge in [-0.05, 0) is 64.1 Å². The molecule has 0 atom stereocenters. The topological polar surface area (TPSA) is 128 Å². The van der Waals surface area contributed by atoms with Crippen molar-refractivity contribution >= 4 is 33.5 Å². The van der Waals surface area contributed by atoms with Crippen molar-refractivity contribution in [2.75, 3.05) is 53.2 Å². The van der Waals surface area contributed by atoms with Crippen LogP contribution in [0.1, 0.15) is 0 Å². The number of benzene rings is 2. The van der Waals surface area contributed by atoms with E-state index in [2.05, 4.69) is 30.5 Å². The molecule has 0 aliphatic rings. The molecule has 1 amide bonds. The Morgan fingerprint density at radius 3 is 2.66 bits per heavy atom. The average molecular weight is 594 g/mol. The number of carbonyl (C=O) groups is 1. The fraction of sp³-hybridized carbons (Fsp3) is 0.219.